The van der Waals surface area contributed by atoms with Crippen molar-refractivity contribution in [2.24, 2.45) is 0 Å². The van der Waals surface area contributed by atoms with E-state index >= 15 is 0 Å². The molecule has 0 heterocycles. The fraction of sp³-hybridized carbons (Fsp3) is 0.444. The highest BCUT2D eigenvalue weighted by molar-refractivity contribution is 9.10. The van der Waals surface area contributed by atoms with E-state index in [0.29, 0.717) is 24.7 Å². The lowest BCUT2D eigenvalue weighted by Gasteiger charge is -2.11. The number of esters is 2. The quantitative estimate of drug-likeness (QED) is 0.190. The zero-order valence-corrected chi connectivity index (χ0v) is 16.8. The van der Waals surface area contributed by atoms with E-state index in [-0.39, 0.29) is 18.8 Å². The van der Waals surface area contributed by atoms with Crippen molar-refractivity contribution in [3.05, 3.63) is 34.4 Å². The van der Waals surface area contributed by atoms with Crippen LogP contribution in [0.5, 0.6) is 5.75 Å². The van der Waals surface area contributed by atoms with Crippen LogP contribution in [-0.2, 0) is 23.8 Å². The summed E-state index contributed by atoms with van der Waals surface area (Å²) in [6, 6.07) is 5.33. The van der Waals surface area contributed by atoms with Gasteiger partial charge in [-0.3, -0.25) is 0 Å². The summed E-state index contributed by atoms with van der Waals surface area (Å²) in [5.41, 5.74) is 0.431. The van der Waals surface area contributed by atoms with Gasteiger partial charge in [0.2, 0.25) is 0 Å². The van der Waals surface area contributed by atoms with E-state index in [1.54, 1.807) is 39.2 Å². The maximum atomic E-state index is 11.9. The zero-order chi connectivity index (χ0) is 19.4. The Morgan fingerprint density at radius 3 is 2.35 bits per heavy atom. The van der Waals surface area contributed by atoms with Crippen LogP contribution in [0.15, 0.2) is 34.4 Å². The second-order valence-electron chi connectivity index (χ2n) is 4.98. The Bertz CT molecular complexity index is 612. The van der Waals surface area contributed by atoms with Crippen LogP contribution in [0.2, 0.25) is 0 Å². The van der Waals surface area contributed by atoms with E-state index in [1.807, 2.05) is 0 Å². The van der Waals surface area contributed by atoms with Crippen LogP contribution in [0, 0.1) is 0 Å². The van der Waals surface area contributed by atoms with Crippen LogP contribution in [0.4, 0.5) is 5.69 Å². The van der Waals surface area contributed by atoms with Crippen molar-refractivity contribution in [2.75, 3.05) is 38.9 Å². The van der Waals surface area contributed by atoms with Gasteiger partial charge in [0.15, 0.2) is 5.57 Å². The maximum absolute atomic E-state index is 11.9. The predicted molar refractivity (Wildman–Crippen MR) is 101 cm³/mol. The molecular formula is C18H24BrNO6. The SMILES string of the molecule is CCOC(=O)C(=CNc1ccc(Br)c(OCCCOC)c1)C(=O)OCC. The summed E-state index contributed by atoms with van der Waals surface area (Å²) in [4.78, 5) is 23.9. The zero-order valence-electron chi connectivity index (χ0n) is 15.2. The van der Waals surface area contributed by atoms with E-state index in [1.165, 1.54) is 6.20 Å². The molecule has 0 unspecified atom stereocenters. The number of hydrogen-bond acceptors (Lipinski definition) is 7. The third kappa shape index (κ3) is 7.45. The van der Waals surface area contributed by atoms with E-state index in [0.717, 1.165) is 10.9 Å². The van der Waals surface area contributed by atoms with Gasteiger partial charge in [0.1, 0.15) is 5.75 Å². The Morgan fingerprint density at radius 1 is 1.12 bits per heavy atom. The number of hydrogen-bond donors (Lipinski definition) is 1. The molecule has 26 heavy (non-hydrogen) atoms. The van der Waals surface area contributed by atoms with Crippen LogP contribution in [0.1, 0.15) is 20.3 Å². The molecule has 0 spiro atoms. The van der Waals surface area contributed by atoms with Gasteiger partial charge in [-0.2, -0.15) is 0 Å². The monoisotopic (exact) mass is 429 g/mol. The average molecular weight is 430 g/mol. The van der Waals surface area contributed by atoms with E-state index < -0.39 is 11.9 Å². The van der Waals surface area contributed by atoms with Crippen LogP contribution < -0.4 is 10.1 Å². The van der Waals surface area contributed by atoms with Gasteiger partial charge in [-0.15, -0.1) is 0 Å². The van der Waals surface area contributed by atoms with Crippen molar-refractivity contribution in [3.8, 4) is 5.75 Å². The van der Waals surface area contributed by atoms with Gasteiger partial charge in [-0.05, 0) is 41.9 Å². The van der Waals surface area contributed by atoms with Gasteiger partial charge in [0, 0.05) is 38.1 Å². The lowest BCUT2D eigenvalue weighted by Crippen LogP contribution is -2.19. The number of halogens is 1. The Balaban J connectivity index is 2.87. The number of ether oxygens (including phenoxy) is 4. The lowest BCUT2D eigenvalue weighted by molar-refractivity contribution is -0.146. The molecule has 0 aliphatic heterocycles. The molecule has 0 saturated carbocycles. The molecule has 0 saturated heterocycles. The smallest absolute Gasteiger partial charge is 0.347 e. The number of nitrogens with one attached hydrogen (secondary N) is 1. The Hall–Kier alpha value is -2.06. The van der Waals surface area contributed by atoms with Crippen molar-refractivity contribution in [1.82, 2.24) is 0 Å². The highest BCUT2D eigenvalue weighted by Crippen LogP contribution is 2.28. The molecule has 1 rings (SSSR count). The first-order valence-corrected chi connectivity index (χ1v) is 9.05. The molecule has 0 amide bonds. The minimum absolute atomic E-state index is 0.160. The van der Waals surface area contributed by atoms with Gasteiger partial charge in [-0.1, -0.05) is 0 Å². The molecule has 0 atom stereocenters. The standard InChI is InChI=1S/C18H24BrNO6/c1-4-24-17(21)14(18(22)25-5-2)12-20-13-7-8-15(19)16(11-13)26-10-6-9-23-3/h7-8,11-12,20H,4-6,9-10H2,1-3H3. The van der Waals surface area contributed by atoms with Crippen molar-refractivity contribution < 1.29 is 28.5 Å². The minimum atomic E-state index is -0.744. The highest BCUT2D eigenvalue weighted by Gasteiger charge is 2.20. The molecule has 144 valence electrons. The number of methoxy groups -OCH3 is 1. The van der Waals surface area contributed by atoms with Gasteiger partial charge in [0.05, 0.1) is 24.3 Å². The van der Waals surface area contributed by atoms with Crippen molar-refractivity contribution >= 4 is 33.6 Å². The molecule has 7 nitrogen and oxygen atoms in total. The summed E-state index contributed by atoms with van der Waals surface area (Å²) in [5.74, 6) is -0.855. The topological polar surface area (TPSA) is 83.1 Å². The summed E-state index contributed by atoms with van der Waals surface area (Å²) < 4.78 is 21.2. The predicted octanol–water partition coefficient (Wildman–Crippen LogP) is 3.29. The average Bonchev–Trinajstić information content (AvgIpc) is 2.61. The lowest BCUT2D eigenvalue weighted by atomic mass is 10.2. The molecule has 1 aromatic rings. The molecular weight excluding hydrogens is 406 g/mol. The molecule has 8 heteroatoms. The van der Waals surface area contributed by atoms with E-state index in [4.69, 9.17) is 18.9 Å². The molecule has 0 fully saturated rings. The summed E-state index contributed by atoms with van der Waals surface area (Å²) in [6.07, 6.45) is 2.03. The number of carbonyl (C=O) groups excluding carboxylic acids is 2. The molecule has 0 bridgehead atoms. The van der Waals surface area contributed by atoms with Crippen LogP contribution in [0.25, 0.3) is 0 Å². The normalized spacial score (nSPS) is 10.0. The van der Waals surface area contributed by atoms with E-state index in [9.17, 15) is 9.59 Å². The van der Waals surface area contributed by atoms with Crippen molar-refractivity contribution in [1.29, 1.82) is 0 Å². The van der Waals surface area contributed by atoms with Crippen LogP contribution in [-0.4, -0.2) is 45.5 Å². The summed E-state index contributed by atoms with van der Waals surface area (Å²) in [5, 5.41) is 2.90. The number of anilines is 1. The summed E-state index contributed by atoms with van der Waals surface area (Å²) in [7, 11) is 1.64. The largest absolute Gasteiger partial charge is 0.492 e. The molecule has 0 aliphatic rings. The summed E-state index contributed by atoms with van der Waals surface area (Å²) in [6.45, 7) is 4.76. The van der Waals surface area contributed by atoms with Crippen molar-refractivity contribution in [3.63, 3.8) is 0 Å². The van der Waals surface area contributed by atoms with E-state index in [2.05, 4.69) is 21.2 Å². The molecule has 0 radical (unpaired) electrons. The second kappa shape index (κ2) is 12.3. The third-order valence-electron chi connectivity index (χ3n) is 3.06. The van der Waals surface area contributed by atoms with Gasteiger partial charge in [0.25, 0.3) is 0 Å². The molecule has 1 N–H and O–H groups in total. The fourth-order valence-corrected chi connectivity index (χ4v) is 2.22. The first-order chi connectivity index (χ1) is 12.5. The number of rotatable bonds is 11. The molecule has 0 aromatic heterocycles. The molecule has 1 aromatic carbocycles. The van der Waals surface area contributed by atoms with Crippen LogP contribution >= 0.6 is 15.9 Å². The van der Waals surface area contributed by atoms with Gasteiger partial charge < -0.3 is 24.3 Å². The van der Waals surface area contributed by atoms with Crippen molar-refractivity contribution in [2.45, 2.75) is 20.3 Å². The second-order valence-corrected chi connectivity index (χ2v) is 5.84. The van der Waals surface area contributed by atoms with Gasteiger partial charge in [-0.25, -0.2) is 9.59 Å². The fourth-order valence-electron chi connectivity index (χ4n) is 1.86. The van der Waals surface area contributed by atoms with Gasteiger partial charge >= 0.3 is 11.9 Å². The summed E-state index contributed by atoms with van der Waals surface area (Å²) >= 11 is 3.42. The Morgan fingerprint density at radius 2 is 1.77 bits per heavy atom. The Labute approximate surface area is 161 Å². The highest BCUT2D eigenvalue weighted by atomic mass is 79.9. The first-order valence-electron chi connectivity index (χ1n) is 8.25. The number of carbonyl (C=O) groups is 2. The number of benzene rings is 1. The minimum Gasteiger partial charge on any atom is -0.492 e. The Kier molecular flexibility index (Phi) is 10.4. The maximum Gasteiger partial charge on any atom is 0.347 e. The molecule has 0 aliphatic carbocycles. The first kappa shape index (κ1) is 22.0. The third-order valence-corrected chi connectivity index (χ3v) is 3.71. The van der Waals surface area contributed by atoms with Crippen LogP contribution in [0.3, 0.4) is 0 Å².